The molecule has 4 N–H and O–H groups in total. The van der Waals surface area contributed by atoms with Crippen LogP contribution >= 0.6 is 11.3 Å². The topological polar surface area (TPSA) is 136 Å². The van der Waals surface area contributed by atoms with Crippen molar-refractivity contribution in [1.29, 1.82) is 0 Å². The number of anilines is 1. The first-order chi connectivity index (χ1) is 12.5. The molecule has 0 saturated heterocycles. The largest absolute Gasteiger partial charge is 0.367 e. The van der Waals surface area contributed by atoms with Crippen LogP contribution in [-0.4, -0.2) is 31.2 Å². The Morgan fingerprint density at radius 1 is 1.42 bits per heavy atom. The summed E-state index contributed by atoms with van der Waals surface area (Å²) in [5.41, 5.74) is 8.27. The van der Waals surface area contributed by atoms with Gasteiger partial charge < -0.3 is 15.6 Å². The molecule has 1 amide bonds. The highest BCUT2D eigenvalue weighted by Gasteiger charge is 2.28. The minimum absolute atomic E-state index is 0.00231. The minimum atomic E-state index is -0.0950. The van der Waals surface area contributed by atoms with Gasteiger partial charge >= 0.3 is 0 Å². The molecular formula is C16H19N7O2S. The van der Waals surface area contributed by atoms with E-state index in [1.54, 1.807) is 11.3 Å². The number of thiazole rings is 1. The second kappa shape index (κ2) is 6.52. The molecule has 9 nitrogen and oxygen atoms in total. The van der Waals surface area contributed by atoms with Gasteiger partial charge in [-0.3, -0.25) is 9.89 Å². The summed E-state index contributed by atoms with van der Waals surface area (Å²) < 4.78 is 5.25. The Balaban J connectivity index is 1.45. The zero-order chi connectivity index (χ0) is 18.3. The van der Waals surface area contributed by atoms with Crippen LogP contribution in [0.25, 0.3) is 10.6 Å². The van der Waals surface area contributed by atoms with E-state index in [9.17, 15) is 4.79 Å². The number of aryl methyl sites for hydroxylation is 3. The average Bonchev–Trinajstić information content (AvgIpc) is 3.30. The van der Waals surface area contributed by atoms with E-state index in [1.165, 1.54) is 4.88 Å². The molecule has 3 heterocycles. The highest BCUT2D eigenvalue weighted by atomic mass is 32.1. The van der Waals surface area contributed by atoms with Gasteiger partial charge in [-0.1, -0.05) is 5.16 Å². The molecule has 1 unspecified atom stereocenters. The Morgan fingerprint density at radius 2 is 2.27 bits per heavy atom. The summed E-state index contributed by atoms with van der Waals surface area (Å²) >= 11 is 1.67. The van der Waals surface area contributed by atoms with Gasteiger partial charge in [0.05, 0.1) is 23.5 Å². The first kappa shape index (κ1) is 16.7. The number of fused-ring (bicyclic) bond motifs is 1. The molecule has 0 aliphatic heterocycles. The molecule has 1 atom stereocenters. The zero-order valence-corrected chi connectivity index (χ0v) is 15.3. The van der Waals surface area contributed by atoms with Gasteiger partial charge in [-0.2, -0.15) is 4.98 Å². The molecule has 3 aromatic heterocycles. The molecule has 0 saturated carbocycles. The molecular weight excluding hydrogens is 354 g/mol. The van der Waals surface area contributed by atoms with Crippen LogP contribution < -0.4 is 11.1 Å². The van der Waals surface area contributed by atoms with Crippen molar-refractivity contribution >= 4 is 23.2 Å². The van der Waals surface area contributed by atoms with Gasteiger partial charge in [0.25, 0.3) is 0 Å². The average molecular weight is 373 g/mol. The second-order valence-electron chi connectivity index (χ2n) is 6.39. The number of nitrogens with one attached hydrogen (secondary N) is 2. The van der Waals surface area contributed by atoms with E-state index in [1.807, 2.05) is 13.8 Å². The summed E-state index contributed by atoms with van der Waals surface area (Å²) in [5, 5.41) is 14.2. The van der Waals surface area contributed by atoms with Gasteiger partial charge in [-0.15, -0.1) is 16.4 Å². The van der Waals surface area contributed by atoms with Crippen LogP contribution in [-0.2, 0) is 24.2 Å². The fraction of sp³-hybridized carbons (Fsp3) is 0.438. The van der Waals surface area contributed by atoms with E-state index in [-0.39, 0.29) is 24.3 Å². The van der Waals surface area contributed by atoms with E-state index < -0.39 is 0 Å². The van der Waals surface area contributed by atoms with E-state index >= 15 is 0 Å². The lowest BCUT2D eigenvalue weighted by Gasteiger charge is -2.20. The van der Waals surface area contributed by atoms with Crippen molar-refractivity contribution < 1.29 is 9.32 Å². The number of hydrogen-bond donors (Lipinski definition) is 3. The van der Waals surface area contributed by atoms with Crippen LogP contribution in [0.2, 0.25) is 0 Å². The van der Waals surface area contributed by atoms with Crippen LogP contribution in [0, 0.1) is 19.8 Å². The number of aromatic amines is 1. The zero-order valence-electron chi connectivity index (χ0n) is 14.5. The van der Waals surface area contributed by atoms with Crippen LogP contribution in [0.4, 0.5) is 5.95 Å². The number of nitrogens with two attached hydrogens (primary N) is 1. The molecule has 4 rings (SSSR count). The third-order valence-electron chi connectivity index (χ3n) is 4.53. The maximum atomic E-state index is 12.5. The lowest BCUT2D eigenvalue weighted by atomic mass is 9.90. The fourth-order valence-corrected chi connectivity index (χ4v) is 4.45. The molecule has 0 fully saturated rings. The normalized spacial score (nSPS) is 16.5. The summed E-state index contributed by atoms with van der Waals surface area (Å²) in [6, 6.07) is 0. The third-order valence-corrected chi connectivity index (χ3v) is 5.71. The number of carbonyl (C=O) groups is 1. The number of nitrogen functional groups attached to an aromatic ring is 1. The van der Waals surface area contributed by atoms with Crippen molar-refractivity contribution in [2.45, 2.75) is 39.7 Å². The predicted molar refractivity (Wildman–Crippen MR) is 95.2 cm³/mol. The summed E-state index contributed by atoms with van der Waals surface area (Å²) in [7, 11) is 0. The Bertz CT molecular complexity index is 938. The van der Waals surface area contributed by atoms with Gasteiger partial charge in [0.15, 0.2) is 0 Å². The second-order valence-corrected chi connectivity index (χ2v) is 7.47. The number of aromatic nitrogens is 5. The molecule has 0 bridgehead atoms. The van der Waals surface area contributed by atoms with Crippen LogP contribution in [0.5, 0.6) is 0 Å². The summed E-state index contributed by atoms with van der Waals surface area (Å²) in [5.74, 6) is 1.39. The van der Waals surface area contributed by atoms with Gasteiger partial charge in [0, 0.05) is 17.2 Å². The maximum absolute atomic E-state index is 12.5. The van der Waals surface area contributed by atoms with Gasteiger partial charge in [0.2, 0.25) is 11.9 Å². The van der Waals surface area contributed by atoms with Crippen LogP contribution in [0.3, 0.4) is 0 Å². The SMILES string of the molecule is Cc1noc(C)c1-c1nc2c(s1)CCC(C(=O)NCc1nc(N)n[nH]1)C2. The molecule has 0 aromatic carbocycles. The molecule has 26 heavy (non-hydrogen) atoms. The molecule has 3 aromatic rings. The van der Waals surface area contributed by atoms with Gasteiger partial charge in [-0.25, -0.2) is 4.98 Å². The quantitative estimate of drug-likeness (QED) is 0.631. The van der Waals surface area contributed by atoms with Crippen molar-refractivity contribution in [2.24, 2.45) is 5.92 Å². The van der Waals surface area contributed by atoms with Crippen molar-refractivity contribution in [3.63, 3.8) is 0 Å². The number of H-pyrrole nitrogens is 1. The monoisotopic (exact) mass is 373 g/mol. The standard InChI is InChI=1S/C16H19N7O2S/c1-7-13(8(2)25-23-7)15-19-10-5-9(3-4-11(10)26-15)14(24)18-6-12-20-16(17)22-21-12/h9H,3-6H2,1-2H3,(H,18,24)(H3,17,20,21,22). The first-order valence-corrected chi connectivity index (χ1v) is 9.19. The van der Waals surface area contributed by atoms with E-state index in [0.29, 0.717) is 12.2 Å². The molecule has 1 aliphatic carbocycles. The van der Waals surface area contributed by atoms with E-state index in [0.717, 1.165) is 40.6 Å². The number of carbonyl (C=O) groups excluding carboxylic acids is 1. The molecule has 1 aliphatic rings. The molecule has 10 heteroatoms. The number of amides is 1. The van der Waals surface area contributed by atoms with E-state index in [4.69, 9.17) is 15.2 Å². The maximum Gasteiger partial charge on any atom is 0.239 e. The van der Waals surface area contributed by atoms with Crippen LogP contribution in [0.15, 0.2) is 4.52 Å². The summed E-state index contributed by atoms with van der Waals surface area (Å²) in [4.78, 5) is 22.5. The Hall–Kier alpha value is -2.75. The number of rotatable bonds is 4. The van der Waals surface area contributed by atoms with Gasteiger partial charge in [0.1, 0.15) is 16.6 Å². The van der Waals surface area contributed by atoms with Crippen molar-refractivity contribution in [3.8, 4) is 10.6 Å². The molecule has 136 valence electrons. The number of hydrogen-bond acceptors (Lipinski definition) is 8. The fourth-order valence-electron chi connectivity index (χ4n) is 3.20. The predicted octanol–water partition coefficient (Wildman–Crippen LogP) is 1.54. The highest BCUT2D eigenvalue weighted by molar-refractivity contribution is 7.15. The number of nitrogens with zero attached hydrogens (tertiary/aromatic N) is 4. The Morgan fingerprint density at radius 3 is 2.96 bits per heavy atom. The lowest BCUT2D eigenvalue weighted by Crippen LogP contribution is -2.33. The summed E-state index contributed by atoms with van der Waals surface area (Å²) in [6.45, 7) is 4.09. The lowest BCUT2D eigenvalue weighted by molar-refractivity contribution is -0.125. The Kier molecular flexibility index (Phi) is 4.19. The van der Waals surface area contributed by atoms with E-state index in [2.05, 4.69) is 25.7 Å². The van der Waals surface area contributed by atoms with Crippen LogP contribution in [0.1, 0.15) is 34.3 Å². The Labute approximate surface area is 153 Å². The minimum Gasteiger partial charge on any atom is -0.367 e. The van der Waals surface area contributed by atoms with Crippen molar-refractivity contribution in [1.82, 2.24) is 30.6 Å². The highest BCUT2D eigenvalue weighted by Crippen LogP contribution is 2.36. The first-order valence-electron chi connectivity index (χ1n) is 8.37. The summed E-state index contributed by atoms with van der Waals surface area (Å²) in [6.07, 6.45) is 2.30. The van der Waals surface area contributed by atoms with Crippen molar-refractivity contribution in [2.75, 3.05) is 5.73 Å². The molecule has 0 radical (unpaired) electrons. The van der Waals surface area contributed by atoms with Gasteiger partial charge in [-0.05, 0) is 26.7 Å². The molecule has 0 spiro atoms. The third kappa shape index (κ3) is 3.07. The van der Waals surface area contributed by atoms with Crippen molar-refractivity contribution in [3.05, 3.63) is 27.8 Å². The smallest absolute Gasteiger partial charge is 0.239 e.